The molecule has 0 unspecified atom stereocenters. The van der Waals surface area contributed by atoms with Crippen molar-refractivity contribution in [3.8, 4) is 11.3 Å². The maximum Gasteiger partial charge on any atom is 0.227 e. The Morgan fingerprint density at radius 2 is 1.48 bits per heavy atom. The van der Waals surface area contributed by atoms with E-state index in [0.29, 0.717) is 5.71 Å². The SMILES string of the molecule is CC(C)(C)c1ccnc(-c2ccc([Si](C)(C)C)c3c2oc2ncc(C(C)(C)C)cc23)c1. The summed E-state index contributed by atoms with van der Waals surface area (Å²) in [6.07, 6.45) is 3.86. The van der Waals surface area contributed by atoms with Gasteiger partial charge in [0, 0.05) is 28.7 Å². The maximum absolute atomic E-state index is 6.44. The van der Waals surface area contributed by atoms with Crippen LogP contribution in [0, 0.1) is 0 Å². The van der Waals surface area contributed by atoms with Gasteiger partial charge in [-0.25, -0.2) is 4.98 Å². The Labute approximate surface area is 186 Å². The molecule has 0 spiro atoms. The molecule has 4 rings (SSSR count). The lowest BCUT2D eigenvalue weighted by molar-refractivity contribution is 0.586. The molecule has 0 N–H and O–H groups in total. The third-order valence-electron chi connectivity index (χ3n) is 6.05. The van der Waals surface area contributed by atoms with Gasteiger partial charge in [-0.1, -0.05) is 67.2 Å². The van der Waals surface area contributed by atoms with Crippen LogP contribution in [0.25, 0.3) is 33.3 Å². The second kappa shape index (κ2) is 7.03. The summed E-state index contributed by atoms with van der Waals surface area (Å²) in [6, 6.07) is 11.1. The molecular formula is C27H34N2OSi. The lowest BCUT2D eigenvalue weighted by Gasteiger charge is -2.21. The van der Waals surface area contributed by atoms with E-state index in [9.17, 15) is 0 Å². The zero-order valence-corrected chi connectivity index (χ0v) is 21.3. The van der Waals surface area contributed by atoms with E-state index in [4.69, 9.17) is 14.4 Å². The number of pyridine rings is 2. The van der Waals surface area contributed by atoms with Crippen molar-refractivity contribution in [1.82, 2.24) is 9.97 Å². The van der Waals surface area contributed by atoms with Crippen molar-refractivity contribution in [3.63, 3.8) is 0 Å². The highest BCUT2D eigenvalue weighted by molar-refractivity contribution is 6.90. The average molecular weight is 431 g/mol. The molecule has 3 aromatic heterocycles. The summed E-state index contributed by atoms with van der Waals surface area (Å²) < 4.78 is 6.44. The third-order valence-corrected chi connectivity index (χ3v) is 8.09. The molecule has 1 aromatic carbocycles. The topological polar surface area (TPSA) is 38.9 Å². The maximum atomic E-state index is 6.44. The molecule has 3 nitrogen and oxygen atoms in total. The first kappa shape index (κ1) is 21.8. The van der Waals surface area contributed by atoms with Crippen LogP contribution in [0.1, 0.15) is 52.7 Å². The third kappa shape index (κ3) is 3.94. The zero-order valence-electron chi connectivity index (χ0n) is 20.3. The largest absolute Gasteiger partial charge is 0.437 e. The van der Waals surface area contributed by atoms with Crippen LogP contribution in [0.4, 0.5) is 0 Å². The van der Waals surface area contributed by atoms with Crippen LogP contribution in [0.15, 0.2) is 47.1 Å². The minimum absolute atomic E-state index is 0.0321. The standard InChI is InChI=1S/C27H34N2OSi/c1-26(2,3)17-12-13-28-21(15-17)19-10-11-22(31(7,8)9)23-20-14-18(27(4,5)6)16-29-25(20)30-24(19)23/h10-16H,1-9H3. The summed E-state index contributed by atoms with van der Waals surface area (Å²) in [7, 11) is -1.61. The van der Waals surface area contributed by atoms with Crippen LogP contribution in [0.2, 0.25) is 19.6 Å². The van der Waals surface area contributed by atoms with Gasteiger partial charge in [0.25, 0.3) is 0 Å². The van der Waals surface area contributed by atoms with Gasteiger partial charge in [0.1, 0.15) is 5.58 Å². The van der Waals surface area contributed by atoms with Gasteiger partial charge in [-0.15, -0.1) is 0 Å². The monoisotopic (exact) mass is 430 g/mol. The number of hydrogen-bond acceptors (Lipinski definition) is 3. The van der Waals surface area contributed by atoms with Crippen LogP contribution < -0.4 is 5.19 Å². The molecule has 0 aliphatic heterocycles. The number of furan rings is 1. The summed E-state index contributed by atoms with van der Waals surface area (Å²) in [5, 5.41) is 3.74. The lowest BCUT2D eigenvalue weighted by atomic mass is 9.87. The predicted octanol–water partition coefficient (Wildman–Crippen LogP) is 7.18. The minimum Gasteiger partial charge on any atom is -0.437 e. The molecular weight excluding hydrogens is 396 g/mol. The molecule has 162 valence electrons. The molecule has 3 heterocycles. The Kier molecular flexibility index (Phi) is 4.93. The summed E-state index contributed by atoms with van der Waals surface area (Å²) in [5.41, 5.74) is 6.20. The number of aromatic nitrogens is 2. The van der Waals surface area contributed by atoms with Gasteiger partial charge in [0.2, 0.25) is 5.71 Å². The van der Waals surface area contributed by atoms with Crippen molar-refractivity contribution >= 4 is 35.3 Å². The van der Waals surface area contributed by atoms with Gasteiger partial charge in [-0.05, 0) is 51.4 Å². The fourth-order valence-corrected chi connectivity index (χ4v) is 5.63. The molecule has 0 saturated heterocycles. The van der Waals surface area contributed by atoms with E-state index >= 15 is 0 Å². The molecule has 0 bridgehead atoms. The number of rotatable bonds is 2. The van der Waals surface area contributed by atoms with Gasteiger partial charge in [-0.3, -0.25) is 4.98 Å². The highest BCUT2D eigenvalue weighted by atomic mass is 28.3. The molecule has 0 amide bonds. The molecule has 4 aromatic rings. The molecule has 0 fully saturated rings. The highest BCUT2D eigenvalue weighted by Gasteiger charge is 2.26. The van der Waals surface area contributed by atoms with Crippen LogP contribution >= 0.6 is 0 Å². The predicted molar refractivity (Wildman–Crippen MR) is 135 cm³/mol. The first-order chi connectivity index (χ1) is 14.3. The minimum atomic E-state index is -1.61. The summed E-state index contributed by atoms with van der Waals surface area (Å²) >= 11 is 0. The van der Waals surface area contributed by atoms with Crippen LogP contribution in [0.5, 0.6) is 0 Å². The summed E-state index contributed by atoms with van der Waals surface area (Å²) in [6.45, 7) is 20.5. The first-order valence-corrected chi connectivity index (χ1v) is 14.6. The van der Waals surface area contributed by atoms with Gasteiger partial charge in [0.05, 0.1) is 13.8 Å². The fourth-order valence-electron chi connectivity index (χ4n) is 4.05. The van der Waals surface area contributed by atoms with Crippen molar-refractivity contribution < 1.29 is 4.42 Å². The normalized spacial score (nSPS) is 13.3. The van der Waals surface area contributed by atoms with Crippen LogP contribution in [0.3, 0.4) is 0 Å². The van der Waals surface area contributed by atoms with Crippen molar-refractivity contribution in [3.05, 3.63) is 53.9 Å². The molecule has 4 heteroatoms. The number of nitrogens with zero attached hydrogens (tertiary/aromatic N) is 2. The molecule has 0 saturated carbocycles. The van der Waals surface area contributed by atoms with E-state index in [-0.39, 0.29) is 10.8 Å². The number of fused-ring (bicyclic) bond motifs is 3. The summed E-state index contributed by atoms with van der Waals surface area (Å²) in [4.78, 5) is 9.45. The average Bonchev–Trinajstić information content (AvgIpc) is 3.04. The zero-order chi connectivity index (χ0) is 22.8. The number of benzene rings is 1. The van der Waals surface area contributed by atoms with E-state index in [1.807, 2.05) is 12.4 Å². The van der Waals surface area contributed by atoms with E-state index in [1.54, 1.807) is 0 Å². The van der Waals surface area contributed by atoms with Crippen LogP contribution in [-0.2, 0) is 10.8 Å². The molecule has 0 atom stereocenters. The quantitative estimate of drug-likeness (QED) is 0.316. The second-order valence-electron chi connectivity index (χ2n) is 11.7. The molecule has 31 heavy (non-hydrogen) atoms. The van der Waals surface area contributed by atoms with E-state index in [2.05, 4.69) is 91.5 Å². The Morgan fingerprint density at radius 3 is 2.10 bits per heavy atom. The van der Waals surface area contributed by atoms with Crippen LogP contribution in [-0.4, -0.2) is 18.0 Å². The van der Waals surface area contributed by atoms with Crippen molar-refractivity contribution in [2.45, 2.75) is 72.0 Å². The van der Waals surface area contributed by atoms with Gasteiger partial charge in [0.15, 0.2) is 0 Å². The molecule has 0 aliphatic carbocycles. The van der Waals surface area contributed by atoms with E-state index < -0.39 is 8.07 Å². The van der Waals surface area contributed by atoms with Crippen molar-refractivity contribution in [1.29, 1.82) is 0 Å². The van der Waals surface area contributed by atoms with Crippen molar-refractivity contribution in [2.24, 2.45) is 0 Å². The summed E-state index contributed by atoms with van der Waals surface area (Å²) in [5.74, 6) is 0. The highest BCUT2D eigenvalue weighted by Crippen LogP contribution is 2.37. The molecule has 0 aliphatic rings. The van der Waals surface area contributed by atoms with Crippen molar-refractivity contribution in [2.75, 3.05) is 0 Å². The Balaban J connectivity index is 2.08. The Morgan fingerprint density at radius 1 is 0.806 bits per heavy atom. The van der Waals surface area contributed by atoms with E-state index in [1.165, 1.54) is 21.7 Å². The van der Waals surface area contributed by atoms with Gasteiger partial charge < -0.3 is 4.42 Å². The first-order valence-electron chi connectivity index (χ1n) is 11.1. The van der Waals surface area contributed by atoms with E-state index in [0.717, 1.165) is 22.2 Å². The second-order valence-corrected chi connectivity index (χ2v) is 16.8. The van der Waals surface area contributed by atoms with Gasteiger partial charge in [-0.2, -0.15) is 0 Å². The number of hydrogen-bond donors (Lipinski definition) is 0. The van der Waals surface area contributed by atoms with Gasteiger partial charge >= 0.3 is 0 Å². The fraction of sp³-hybridized carbons (Fsp3) is 0.407. The lowest BCUT2D eigenvalue weighted by Crippen LogP contribution is -2.38. The Bertz CT molecular complexity index is 1280. The smallest absolute Gasteiger partial charge is 0.227 e. The Hall–Kier alpha value is -2.46. The molecule has 0 radical (unpaired) electrons.